The van der Waals surface area contributed by atoms with Crippen LogP contribution in [0.1, 0.15) is 12.8 Å². The highest BCUT2D eigenvalue weighted by atomic mass is 32.1. The molecule has 2 aromatic rings. The summed E-state index contributed by atoms with van der Waals surface area (Å²) in [5.74, 6) is 0.0101. The summed E-state index contributed by atoms with van der Waals surface area (Å²) in [7, 11) is 0. The van der Waals surface area contributed by atoms with E-state index in [1.54, 1.807) is 17.5 Å². The first-order valence-corrected chi connectivity index (χ1v) is 8.41. The average Bonchev–Trinajstić information content (AvgIpc) is 3.09. The van der Waals surface area contributed by atoms with Crippen LogP contribution in [0.2, 0.25) is 0 Å². The number of aromatic nitrogens is 1. The number of halogens is 1. The van der Waals surface area contributed by atoms with Gasteiger partial charge in [-0.05, 0) is 37.1 Å². The quantitative estimate of drug-likeness (QED) is 0.912. The molecule has 7 heteroatoms. The molecule has 1 aliphatic rings. The van der Waals surface area contributed by atoms with E-state index in [1.165, 1.54) is 24.3 Å². The van der Waals surface area contributed by atoms with Gasteiger partial charge in [-0.15, -0.1) is 11.3 Å². The van der Waals surface area contributed by atoms with Crippen molar-refractivity contribution in [2.24, 2.45) is 0 Å². The predicted octanol–water partition coefficient (Wildman–Crippen LogP) is 2.45. The Kier molecular flexibility index (Phi) is 5.07. The van der Waals surface area contributed by atoms with Crippen molar-refractivity contribution in [3.05, 3.63) is 41.7 Å². The van der Waals surface area contributed by atoms with E-state index in [0.29, 0.717) is 5.75 Å². The zero-order valence-electron chi connectivity index (χ0n) is 12.6. The molecular weight excluding hydrogens is 317 g/mol. The monoisotopic (exact) mass is 335 g/mol. The molecule has 1 aliphatic heterocycles. The minimum Gasteiger partial charge on any atom is -0.484 e. The van der Waals surface area contributed by atoms with Crippen LogP contribution in [-0.2, 0) is 4.79 Å². The fraction of sp³-hybridized carbons (Fsp3) is 0.375. The molecule has 3 rings (SSSR count). The summed E-state index contributed by atoms with van der Waals surface area (Å²) in [5.41, 5.74) is 0. The van der Waals surface area contributed by atoms with Gasteiger partial charge < -0.3 is 15.0 Å². The van der Waals surface area contributed by atoms with Gasteiger partial charge in [-0.25, -0.2) is 9.37 Å². The predicted molar refractivity (Wildman–Crippen MR) is 87.4 cm³/mol. The highest BCUT2D eigenvalue weighted by Crippen LogP contribution is 2.21. The first-order valence-electron chi connectivity index (χ1n) is 7.53. The van der Waals surface area contributed by atoms with Crippen LogP contribution < -0.4 is 15.0 Å². The number of carbonyl (C=O) groups is 1. The molecule has 2 heterocycles. The molecule has 0 bridgehead atoms. The molecule has 1 N–H and O–H groups in total. The van der Waals surface area contributed by atoms with E-state index in [9.17, 15) is 9.18 Å². The summed E-state index contributed by atoms with van der Waals surface area (Å²) < 4.78 is 18.1. The van der Waals surface area contributed by atoms with Crippen LogP contribution in [0.3, 0.4) is 0 Å². The summed E-state index contributed by atoms with van der Waals surface area (Å²) in [6.45, 7) is 1.72. The molecule has 0 aliphatic carbocycles. The van der Waals surface area contributed by atoms with Gasteiger partial charge >= 0.3 is 0 Å². The Morgan fingerprint density at radius 1 is 1.35 bits per heavy atom. The van der Waals surface area contributed by atoms with Crippen LogP contribution in [0.4, 0.5) is 9.52 Å². The number of hydrogen-bond acceptors (Lipinski definition) is 5. The van der Waals surface area contributed by atoms with Gasteiger partial charge in [0.25, 0.3) is 5.91 Å². The number of rotatable bonds is 5. The first kappa shape index (κ1) is 15.7. The van der Waals surface area contributed by atoms with Gasteiger partial charge in [-0.3, -0.25) is 4.79 Å². The number of hydrogen-bond donors (Lipinski definition) is 1. The van der Waals surface area contributed by atoms with E-state index >= 15 is 0 Å². The summed E-state index contributed by atoms with van der Waals surface area (Å²) >= 11 is 1.63. The Bertz CT molecular complexity index is 625. The third kappa shape index (κ3) is 4.41. The van der Waals surface area contributed by atoms with E-state index in [2.05, 4.69) is 15.2 Å². The second kappa shape index (κ2) is 7.41. The fourth-order valence-corrected chi connectivity index (χ4v) is 3.23. The Morgan fingerprint density at radius 3 is 2.74 bits per heavy atom. The van der Waals surface area contributed by atoms with E-state index < -0.39 is 0 Å². The zero-order chi connectivity index (χ0) is 16.1. The Hall–Kier alpha value is -2.15. The normalized spacial score (nSPS) is 15.4. The maximum absolute atomic E-state index is 12.8. The number of ether oxygens (including phenoxy) is 1. The van der Waals surface area contributed by atoms with E-state index in [0.717, 1.165) is 31.1 Å². The molecule has 0 unspecified atom stereocenters. The number of carbonyl (C=O) groups excluding carboxylic acids is 1. The lowest BCUT2D eigenvalue weighted by Crippen LogP contribution is -2.46. The van der Waals surface area contributed by atoms with Gasteiger partial charge in [0, 0.05) is 30.7 Å². The van der Waals surface area contributed by atoms with Crippen molar-refractivity contribution in [1.82, 2.24) is 10.3 Å². The summed E-state index contributed by atoms with van der Waals surface area (Å²) in [4.78, 5) is 18.5. The van der Waals surface area contributed by atoms with E-state index in [4.69, 9.17) is 4.74 Å². The number of piperidine rings is 1. The van der Waals surface area contributed by atoms with Gasteiger partial charge in [-0.1, -0.05) is 0 Å². The molecular formula is C16H18FN3O2S. The Balaban J connectivity index is 1.40. The van der Waals surface area contributed by atoms with Gasteiger partial charge in [0.05, 0.1) is 0 Å². The lowest BCUT2D eigenvalue weighted by molar-refractivity contribution is -0.123. The van der Waals surface area contributed by atoms with Gasteiger partial charge in [-0.2, -0.15) is 0 Å². The Labute approximate surface area is 138 Å². The number of nitrogens with zero attached hydrogens (tertiary/aromatic N) is 2. The third-order valence-corrected chi connectivity index (χ3v) is 4.57. The van der Waals surface area contributed by atoms with Crippen LogP contribution in [0, 0.1) is 5.82 Å². The minimum atomic E-state index is -0.325. The molecule has 1 aromatic carbocycles. The van der Waals surface area contributed by atoms with Gasteiger partial charge in [0.15, 0.2) is 11.7 Å². The number of anilines is 1. The van der Waals surface area contributed by atoms with Crippen molar-refractivity contribution in [2.75, 3.05) is 24.6 Å². The van der Waals surface area contributed by atoms with Crippen molar-refractivity contribution in [3.8, 4) is 5.75 Å². The highest BCUT2D eigenvalue weighted by molar-refractivity contribution is 7.13. The number of thiazole rings is 1. The van der Waals surface area contributed by atoms with E-state index in [-0.39, 0.29) is 24.4 Å². The second-order valence-corrected chi connectivity index (χ2v) is 6.26. The molecule has 1 aromatic heterocycles. The first-order chi connectivity index (χ1) is 11.2. The summed E-state index contributed by atoms with van der Waals surface area (Å²) in [5, 5.41) is 5.99. The summed E-state index contributed by atoms with van der Waals surface area (Å²) in [6.07, 6.45) is 3.59. The third-order valence-electron chi connectivity index (χ3n) is 3.73. The van der Waals surface area contributed by atoms with Crippen molar-refractivity contribution < 1.29 is 13.9 Å². The molecule has 1 fully saturated rings. The van der Waals surface area contributed by atoms with Crippen LogP contribution in [-0.4, -0.2) is 36.6 Å². The average molecular weight is 335 g/mol. The molecule has 23 heavy (non-hydrogen) atoms. The smallest absolute Gasteiger partial charge is 0.258 e. The molecule has 1 amide bonds. The maximum Gasteiger partial charge on any atom is 0.258 e. The molecule has 0 atom stereocenters. The Morgan fingerprint density at radius 2 is 2.09 bits per heavy atom. The van der Waals surface area contributed by atoms with Crippen molar-refractivity contribution in [3.63, 3.8) is 0 Å². The second-order valence-electron chi connectivity index (χ2n) is 5.39. The van der Waals surface area contributed by atoms with Gasteiger partial charge in [0.2, 0.25) is 0 Å². The standard InChI is InChI=1S/C16H18FN3O2S/c17-12-1-3-14(4-2-12)22-11-15(21)19-13-5-8-20(9-6-13)16-18-7-10-23-16/h1-4,7,10,13H,5-6,8-9,11H2,(H,19,21). The topological polar surface area (TPSA) is 54.5 Å². The maximum atomic E-state index is 12.8. The number of nitrogens with one attached hydrogen (secondary N) is 1. The minimum absolute atomic E-state index is 0.0572. The van der Waals surface area contributed by atoms with Crippen LogP contribution in [0.15, 0.2) is 35.8 Å². The molecule has 122 valence electrons. The van der Waals surface area contributed by atoms with Crippen LogP contribution in [0.5, 0.6) is 5.75 Å². The molecule has 1 saturated heterocycles. The molecule has 0 spiro atoms. The van der Waals surface area contributed by atoms with Crippen molar-refractivity contribution >= 4 is 22.4 Å². The van der Waals surface area contributed by atoms with E-state index in [1.807, 2.05) is 5.38 Å². The number of amides is 1. The lowest BCUT2D eigenvalue weighted by atomic mass is 10.1. The van der Waals surface area contributed by atoms with Gasteiger partial charge in [0.1, 0.15) is 11.6 Å². The fourth-order valence-electron chi connectivity index (χ4n) is 2.54. The lowest BCUT2D eigenvalue weighted by Gasteiger charge is -2.32. The molecule has 5 nitrogen and oxygen atoms in total. The summed E-state index contributed by atoms with van der Waals surface area (Å²) in [6, 6.07) is 5.79. The zero-order valence-corrected chi connectivity index (χ0v) is 13.4. The highest BCUT2D eigenvalue weighted by Gasteiger charge is 2.22. The SMILES string of the molecule is O=C(COc1ccc(F)cc1)NC1CCN(c2nccs2)CC1. The van der Waals surface area contributed by atoms with Crippen LogP contribution in [0.25, 0.3) is 0 Å². The number of benzene rings is 1. The van der Waals surface area contributed by atoms with Crippen LogP contribution >= 0.6 is 11.3 Å². The van der Waals surface area contributed by atoms with Crippen molar-refractivity contribution in [2.45, 2.75) is 18.9 Å². The van der Waals surface area contributed by atoms with Crippen molar-refractivity contribution in [1.29, 1.82) is 0 Å². The largest absolute Gasteiger partial charge is 0.484 e. The molecule has 0 saturated carbocycles. The molecule has 0 radical (unpaired) electrons.